The number of benzene rings is 1. The Bertz CT molecular complexity index is 346. The molecule has 2 heteroatoms. The van der Waals surface area contributed by atoms with Crippen LogP contribution in [0.5, 0.6) is 0 Å². The first-order chi connectivity index (χ1) is 7.91. The van der Waals surface area contributed by atoms with Gasteiger partial charge in [-0.1, -0.05) is 31.5 Å². The summed E-state index contributed by atoms with van der Waals surface area (Å²) in [6.45, 7) is 13.0. The Hall–Kier alpha value is -1.02. The monoisotopic (exact) mass is 234 g/mol. The second-order valence-electron chi connectivity index (χ2n) is 5.28. The van der Waals surface area contributed by atoms with Gasteiger partial charge in [-0.3, -0.25) is 0 Å². The molecule has 1 N–H and O–H groups in total. The normalized spacial score (nSPS) is 11.0. The van der Waals surface area contributed by atoms with Crippen LogP contribution in [-0.4, -0.2) is 26.2 Å². The SMILES string of the molecule is Cc1cc(C)c(N(C)CCNC(C)C)c(C)c1. The van der Waals surface area contributed by atoms with Crippen molar-refractivity contribution in [1.82, 2.24) is 5.32 Å². The first-order valence-corrected chi connectivity index (χ1v) is 6.44. The summed E-state index contributed by atoms with van der Waals surface area (Å²) in [5.74, 6) is 0. The van der Waals surface area contributed by atoms with Crippen LogP contribution in [-0.2, 0) is 0 Å². The van der Waals surface area contributed by atoms with Gasteiger partial charge >= 0.3 is 0 Å². The van der Waals surface area contributed by atoms with Crippen LogP contribution in [0.15, 0.2) is 12.1 Å². The molecule has 0 aromatic heterocycles. The molecule has 1 aromatic carbocycles. The van der Waals surface area contributed by atoms with Gasteiger partial charge < -0.3 is 10.2 Å². The summed E-state index contributed by atoms with van der Waals surface area (Å²) in [5, 5.41) is 3.45. The standard InChI is InChI=1S/C15H26N2/c1-11(2)16-7-8-17(6)15-13(4)9-12(3)10-14(15)5/h9-11,16H,7-8H2,1-6H3. The van der Waals surface area contributed by atoms with E-state index in [9.17, 15) is 0 Å². The molecule has 96 valence electrons. The van der Waals surface area contributed by atoms with E-state index in [1.807, 2.05) is 0 Å². The minimum Gasteiger partial charge on any atom is -0.373 e. The van der Waals surface area contributed by atoms with Crippen LogP contribution >= 0.6 is 0 Å². The average Bonchev–Trinajstić information content (AvgIpc) is 2.14. The summed E-state index contributed by atoms with van der Waals surface area (Å²) in [6, 6.07) is 5.08. The Morgan fingerprint density at radius 3 is 2.12 bits per heavy atom. The van der Waals surface area contributed by atoms with Crippen LogP contribution in [0.1, 0.15) is 30.5 Å². The van der Waals surface area contributed by atoms with Crippen molar-refractivity contribution in [1.29, 1.82) is 0 Å². The van der Waals surface area contributed by atoms with Crippen LogP contribution in [0.4, 0.5) is 5.69 Å². The van der Waals surface area contributed by atoms with E-state index >= 15 is 0 Å². The minimum atomic E-state index is 0.559. The lowest BCUT2D eigenvalue weighted by Crippen LogP contribution is -2.33. The molecule has 0 heterocycles. The first-order valence-electron chi connectivity index (χ1n) is 6.44. The zero-order valence-corrected chi connectivity index (χ0v) is 12.1. The molecule has 2 nitrogen and oxygen atoms in total. The molecule has 0 radical (unpaired) electrons. The fraction of sp³-hybridized carbons (Fsp3) is 0.600. The molecule has 0 saturated heterocycles. The maximum Gasteiger partial charge on any atom is 0.0423 e. The molecule has 0 unspecified atom stereocenters. The van der Waals surface area contributed by atoms with E-state index < -0.39 is 0 Å². The van der Waals surface area contributed by atoms with Gasteiger partial charge in [0.1, 0.15) is 0 Å². The van der Waals surface area contributed by atoms with Crippen molar-refractivity contribution in [2.45, 2.75) is 40.7 Å². The van der Waals surface area contributed by atoms with E-state index in [0.717, 1.165) is 13.1 Å². The predicted molar refractivity (Wildman–Crippen MR) is 77.1 cm³/mol. The summed E-state index contributed by atoms with van der Waals surface area (Å²) in [4.78, 5) is 2.35. The molecule has 1 aromatic rings. The number of rotatable bonds is 5. The Labute approximate surface area is 106 Å². The van der Waals surface area contributed by atoms with Crippen LogP contribution in [0.3, 0.4) is 0 Å². The highest BCUT2D eigenvalue weighted by Crippen LogP contribution is 2.24. The van der Waals surface area contributed by atoms with Crippen LogP contribution in [0, 0.1) is 20.8 Å². The van der Waals surface area contributed by atoms with E-state index in [1.54, 1.807) is 0 Å². The molecule has 0 saturated carbocycles. The Morgan fingerprint density at radius 1 is 1.12 bits per heavy atom. The Balaban J connectivity index is 2.72. The number of aryl methyl sites for hydroxylation is 3. The highest BCUT2D eigenvalue weighted by atomic mass is 15.1. The summed E-state index contributed by atoms with van der Waals surface area (Å²) in [6.07, 6.45) is 0. The van der Waals surface area contributed by atoms with E-state index in [1.165, 1.54) is 22.4 Å². The molecule has 0 aliphatic heterocycles. The average molecular weight is 234 g/mol. The van der Waals surface area contributed by atoms with Gasteiger partial charge in [-0.2, -0.15) is 0 Å². The van der Waals surface area contributed by atoms with Gasteiger partial charge in [-0.15, -0.1) is 0 Å². The zero-order chi connectivity index (χ0) is 13.0. The van der Waals surface area contributed by atoms with Crippen LogP contribution < -0.4 is 10.2 Å². The van der Waals surface area contributed by atoms with Crippen molar-refractivity contribution in [3.8, 4) is 0 Å². The molecule has 0 bridgehead atoms. The lowest BCUT2D eigenvalue weighted by atomic mass is 10.0. The molecule has 0 atom stereocenters. The van der Waals surface area contributed by atoms with E-state index in [2.05, 4.69) is 64.0 Å². The number of hydrogen-bond donors (Lipinski definition) is 1. The quantitative estimate of drug-likeness (QED) is 0.842. The summed E-state index contributed by atoms with van der Waals surface area (Å²) >= 11 is 0. The molecule has 0 aliphatic carbocycles. The Kier molecular flexibility index (Phi) is 5.01. The largest absolute Gasteiger partial charge is 0.373 e. The van der Waals surface area contributed by atoms with Gasteiger partial charge in [0.2, 0.25) is 0 Å². The van der Waals surface area contributed by atoms with Crippen molar-refractivity contribution in [3.63, 3.8) is 0 Å². The number of hydrogen-bond acceptors (Lipinski definition) is 2. The van der Waals surface area contributed by atoms with Crippen LogP contribution in [0.2, 0.25) is 0 Å². The van der Waals surface area contributed by atoms with Gasteiger partial charge in [0.05, 0.1) is 0 Å². The molecule has 0 fully saturated rings. The lowest BCUT2D eigenvalue weighted by Gasteiger charge is -2.24. The van der Waals surface area contributed by atoms with Gasteiger partial charge in [0, 0.05) is 31.9 Å². The smallest absolute Gasteiger partial charge is 0.0423 e. The third kappa shape index (κ3) is 4.04. The molecule has 0 spiro atoms. The number of anilines is 1. The highest BCUT2D eigenvalue weighted by Gasteiger charge is 2.08. The van der Waals surface area contributed by atoms with Crippen molar-refractivity contribution < 1.29 is 0 Å². The van der Waals surface area contributed by atoms with Crippen molar-refractivity contribution in [3.05, 3.63) is 28.8 Å². The molecule has 0 amide bonds. The van der Waals surface area contributed by atoms with Crippen molar-refractivity contribution in [2.24, 2.45) is 0 Å². The fourth-order valence-electron chi connectivity index (χ4n) is 2.41. The topological polar surface area (TPSA) is 15.3 Å². The molecular formula is C15H26N2. The fourth-order valence-corrected chi connectivity index (χ4v) is 2.41. The lowest BCUT2D eigenvalue weighted by molar-refractivity contribution is 0.589. The molecule has 17 heavy (non-hydrogen) atoms. The maximum absolute atomic E-state index is 3.45. The molecular weight excluding hydrogens is 208 g/mol. The van der Waals surface area contributed by atoms with E-state index in [4.69, 9.17) is 0 Å². The van der Waals surface area contributed by atoms with Gasteiger partial charge in [0.15, 0.2) is 0 Å². The zero-order valence-electron chi connectivity index (χ0n) is 12.1. The first kappa shape index (κ1) is 14.0. The predicted octanol–water partition coefficient (Wildman–Crippen LogP) is 3.05. The third-order valence-electron chi connectivity index (χ3n) is 3.02. The van der Waals surface area contributed by atoms with Crippen molar-refractivity contribution in [2.75, 3.05) is 25.0 Å². The minimum absolute atomic E-state index is 0.559. The maximum atomic E-state index is 3.45. The van der Waals surface area contributed by atoms with Crippen molar-refractivity contribution >= 4 is 5.69 Å². The second kappa shape index (κ2) is 6.06. The van der Waals surface area contributed by atoms with E-state index in [-0.39, 0.29) is 0 Å². The number of likely N-dealkylation sites (N-methyl/N-ethyl adjacent to an activating group) is 1. The van der Waals surface area contributed by atoms with Gasteiger partial charge in [0.25, 0.3) is 0 Å². The third-order valence-corrected chi connectivity index (χ3v) is 3.02. The summed E-state index contributed by atoms with van der Waals surface area (Å²) < 4.78 is 0. The van der Waals surface area contributed by atoms with Gasteiger partial charge in [-0.05, 0) is 31.9 Å². The number of nitrogens with one attached hydrogen (secondary N) is 1. The molecule has 1 rings (SSSR count). The second-order valence-corrected chi connectivity index (χ2v) is 5.28. The summed E-state index contributed by atoms with van der Waals surface area (Å²) in [7, 11) is 2.17. The van der Waals surface area contributed by atoms with Crippen LogP contribution in [0.25, 0.3) is 0 Å². The summed E-state index contributed by atoms with van der Waals surface area (Å²) in [5.41, 5.74) is 5.46. The Morgan fingerprint density at radius 2 is 1.65 bits per heavy atom. The highest BCUT2D eigenvalue weighted by molar-refractivity contribution is 5.59. The van der Waals surface area contributed by atoms with E-state index in [0.29, 0.717) is 6.04 Å². The van der Waals surface area contributed by atoms with Gasteiger partial charge in [-0.25, -0.2) is 0 Å². The molecule has 0 aliphatic rings. The number of nitrogens with zero attached hydrogens (tertiary/aromatic N) is 1.